The third kappa shape index (κ3) is 4.25. The number of carbonyl (C=O) groups excluding carboxylic acids is 1. The van der Waals surface area contributed by atoms with E-state index in [1.54, 1.807) is 6.33 Å². The van der Waals surface area contributed by atoms with Crippen LogP contribution in [0.4, 0.5) is 5.82 Å². The molecule has 6 rings (SSSR count). The first kappa shape index (κ1) is 23.9. The Labute approximate surface area is 217 Å². The molecule has 0 bridgehead atoms. The van der Waals surface area contributed by atoms with E-state index in [0.717, 1.165) is 65.5 Å². The number of amides is 1. The lowest BCUT2D eigenvalue weighted by molar-refractivity contribution is -0.130. The Kier molecular flexibility index (Phi) is 6.10. The highest BCUT2D eigenvalue weighted by Gasteiger charge is 2.25. The lowest BCUT2D eigenvalue weighted by Gasteiger charge is -2.36. The van der Waals surface area contributed by atoms with E-state index >= 15 is 0 Å². The molecule has 0 atom stereocenters. The summed E-state index contributed by atoms with van der Waals surface area (Å²) in [5, 5.41) is 7.79. The van der Waals surface area contributed by atoms with Gasteiger partial charge in [0, 0.05) is 49.5 Å². The van der Waals surface area contributed by atoms with E-state index in [0.29, 0.717) is 12.6 Å². The lowest BCUT2D eigenvalue weighted by Crippen LogP contribution is -2.52. The molecule has 1 aliphatic carbocycles. The summed E-state index contributed by atoms with van der Waals surface area (Å²) in [6.45, 7) is 12.2. The van der Waals surface area contributed by atoms with Crippen LogP contribution in [0.5, 0.6) is 0 Å². The minimum absolute atomic E-state index is 0.211. The molecule has 1 saturated carbocycles. The van der Waals surface area contributed by atoms with Crippen molar-refractivity contribution in [2.45, 2.75) is 58.9 Å². The number of piperazine rings is 1. The number of H-pyrrole nitrogens is 1. The molecule has 0 spiro atoms. The van der Waals surface area contributed by atoms with E-state index in [-0.39, 0.29) is 11.8 Å². The van der Waals surface area contributed by atoms with Crippen molar-refractivity contribution in [3.8, 4) is 11.3 Å². The zero-order valence-corrected chi connectivity index (χ0v) is 22.2. The molecule has 1 saturated heterocycles. The van der Waals surface area contributed by atoms with Gasteiger partial charge in [0.05, 0.1) is 23.3 Å². The van der Waals surface area contributed by atoms with Crippen molar-refractivity contribution in [2.24, 2.45) is 0 Å². The summed E-state index contributed by atoms with van der Waals surface area (Å²) in [4.78, 5) is 30.2. The summed E-state index contributed by atoms with van der Waals surface area (Å²) in [5.74, 6) is 1.47. The third-order valence-electron chi connectivity index (χ3n) is 8.24. The molecule has 9 nitrogen and oxygen atoms in total. The first-order valence-corrected chi connectivity index (χ1v) is 13.5. The highest BCUT2D eigenvalue weighted by atomic mass is 16.2. The molecule has 2 N–H and O–H groups in total. The van der Waals surface area contributed by atoms with Crippen LogP contribution in [0.1, 0.15) is 55.7 Å². The molecule has 0 radical (unpaired) electrons. The highest BCUT2D eigenvalue weighted by Crippen LogP contribution is 2.38. The number of aryl methyl sites for hydroxylation is 1. The van der Waals surface area contributed by atoms with Gasteiger partial charge in [-0.05, 0) is 55.9 Å². The van der Waals surface area contributed by atoms with Crippen LogP contribution >= 0.6 is 0 Å². The Morgan fingerprint density at radius 2 is 1.92 bits per heavy atom. The van der Waals surface area contributed by atoms with Crippen molar-refractivity contribution in [1.82, 2.24) is 34.8 Å². The van der Waals surface area contributed by atoms with Gasteiger partial charge >= 0.3 is 0 Å². The summed E-state index contributed by atoms with van der Waals surface area (Å²) in [5.41, 5.74) is 8.71. The average Bonchev–Trinajstić information content (AvgIpc) is 3.49. The summed E-state index contributed by atoms with van der Waals surface area (Å²) in [6, 6.07) is 4.78. The second-order valence-electron chi connectivity index (χ2n) is 10.8. The van der Waals surface area contributed by atoms with E-state index in [1.807, 2.05) is 9.42 Å². The zero-order valence-electron chi connectivity index (χ0n) is 22.2. The fourth-order valence-corrected chi connectivity index (χ4v) is 5.62. The summed E-state index contributed by atoms with van der Waals surface area (Å²) in [6.07, 6.45) is 7.34. The van der Waals surface area contributed by atoms with Gasteiger partial charge in [-0.2, -0.15) is 5.10 Å². The number of rotatable bonds is 6. The van der Waals surface area contributed by atoms with Crippen molar-refractivity contribution < 1.29 is 4.79 Å². The maximum atomic E-state index is 12.6. The normalized spacial score (nSPS) is 16.8. The van der Waals surface area contributed by atoms with E-state index in [1.165, 1.54) is 30.4 Å². The first-order chi connectivity index (χ1) is 17.9. The van der Waals surface area contributed by atoms with Gasteiger partial charge in [0.2, 0.25) is 5.91 Å². The smallest absolute Gasteiger partial charge is 0.236 e. The second-order valence-corrected chi connectivity index (χ2v) is 10.8. The molecule has 194 valence electrons. The van der Waals surface area contributed by atoms with E-state index in [2.05, 4.69) is 71.3 Å². The number of fused-ring (bicyclic) bond motifs is 2. The number of pyridine rings is 2. The summed E-state index contributed by atoms with van der Waals surface area (Å²) in [7, 11) is 0. The van der Waals surface area contributed by atoms with Crippen LogP contribution in [0.15, 0.2) is 24.7 Å². The van der Waals surface area contributed by atoms with Gasteiger partial charge in [-0.1, -0.05) is 20.3 Å². The van der Waals surface area contributed by atoms with Crippen LogP contribution in [0.2, 0.25) is 0 Å². The number of aromatic nitrogens is 5. The number of nitrogens with zero attached hydrogens (tertiary/aromatic N) is 6. The van der Waals surface area contributed by atoms with Gasteiger partial charge < -0.3 is 20.1 Å². The average molecular weight is 501 g/mol. The molecule has 2 aliphatic rings. The van der Waals surface area contributed by atoms with Crippen molar-refractivity contribution in [3.05, 3.63) is 41.3 Å². The summed E-state index contributed by atoms with van der Waals surface area (Å²) >= 11 is 0. The van der Waals surface area contributed by atoms with E-state index in [9.17, 15) is 4.79 Å². The summed E-state index contributed by atoms with van der Waals surface area (Å²) < 4.78 is 1.86. The van der Waals surface area contributed by atoms with E-state index in [4.69, 9.17) is 4.98 Å². The van der Waals surface area contributed by atoms with Gasteiger partial charge in [-0.15, -0.1) is 0 Å². The Bertz CT molecular complexity index is 1460. The van der Waals surface area contributed by atoms with Crippen molar-refractivity contribution in [2.75, 3.05) is 37.6 Å². The van der Waals surface area contributed by atoms with Crippen molar-refractivity contribution in [3.63, 3.8) is 0 Å². The van der Waals surface area contributed by atoms with Crippen LogP contribution < -0.4 is 10.2 Å². The molecule has 0 unspecified atom stereocenters. The number of carbonyl (C=O) groups is 1. The molecular formula is C28H36N8O. The Morgan fingerprint density at radius 1 is 1.14 bits per heavy atom. The SMILES string of the molecule is Cc1c(-c2[nH]c3ccc(N4CCN(C(=O)CNC5CCC5)CC4)nc3c2C(C)C)cn2ncnc2c1C. The predicted octanol–water partition coefficient (Wildman–Crippen LogP) is 3.80. The Hall–Kier alpha value is -3.46. The number of anilines is 1. The zero-order chi connectivity index (χ0) is 25.7. The van der Waals surface area contributed by atoms with Gasteiger partial charge in [-0.3, -0.25) is 4.79 Å². The molecule has 4 aromatic rings. The van der Waals surface area contributed by atoms with Crippen LogP contribution in [-0.2, 0) is 4.79 Å². The minimum atomic E-state index is 0.211. The first-order valence-electron chi connectivity index (χ1n) is 13.5. The van der Waals surface area contributed by atoms with Gasteiger partial charge in [0.1, 0.15) is 12.1 Å². The molecule has 1 amide bonds. The van der Waals surface area contributed by atoms with Gasteiger partial charge in [0.15, 0.2) is 5.65 Å². The topological polar surface area (TPSA) is 94.5 Å². The fraction of sp³-hybridized carbons (Fsp3) is 0.500. The fourth-order valence-electron chi connectivity index (χ4n) is 5.62. The lowest BCUT2D eigenvalue weighted by atomic mass is 9.93. The number of hydrogen-bond donors (Lipinski definition) is 2. The molecule has 37 heavy (non-hydrogen) atoms. The largest absolute Gasteiger partial charge is 0.353 e. The molecule has 0 aromatic carbocycles. The number of aromatic amines is 1. The predicted molar refractivity (Wildman–Crippen MR) is 146 cm³/mol. The standard InChI is InChI=1S/C28H36N8O/c1-17(2)25-26(21-15-36-28(30-16-31-36)19(4)18(21)3)32-22-8-9-23(33-27(22)25)34-10-12-35(13-11-34)24(37)14-29-20-6-5-7-20/h8-9,15-17,20,29,32H,5-7,10-14H2,1-4H3. The number of nitrogens with one attached hydrogen (secondary N) is 2. The number of hydrogen-bond acceptors (Lipinski definition) is 6. The molecule has 9 heteroatoms. The second kappa shape index (κ2) is 9.45. The van der Waals surface area contributed by atoms with Gasteiger partial charge in [0.25, 0.3) is 0 Å². The molecular weight excluding hydrogens is 464 g/mol. The molecule has 2 fully saturated rings. The van der Waals surface area contributed by atoms with Crippen LogP contribution in [0, 0.1) is 13.8 Å². The molecule has 5 heterocycles. The Balaban J connectivity index is 1.26. The minimum Gasteiger partial charge on any atom is -0.353 e. The molecule has 1 aliphatic heterocycles. The van der Waals surface area contributed by atoms with Crippen LogP contribution in [-0.4, -0.2) is 74.1 Å². The van der Waals surface area contributed by atoms with Gasteiger partial charge in [-0.25, -0.2) is 14.5 Å². The van der Waals surface area contributed by atoms with Crippen molar-refractivity contribution >= 4 is 28.4 Å². The van der Waals surface area contributed by atoms with Crippen LogP contribution in [0.3, 0.4) is 0 Å². The van der Waals surface area contributed by atoms with Crippen LogP contribution in [0.25, 0.3) is 27.9 Å². The maximum Gasteiger partial charge on any atom is 0.236 e. The highest BCUT2D eigenvalue weighted by molar-refractivity contribution is 5.90. The van der Waals surface area contributed by atoms with Crippen molar-refractivity contribution in [1.29, 1.82) is 0 Å². The quantitative estimate of drug-likeness (QED) is 0.418. The Morgan fingerprint density at radius 3 is 2.62 bits per heavy atom. The van der Waals surface area contributed by atoms with E-state index < -0.39 is 0 Å². The maximum absolute atomic E-state index is 12.6. The third-order valence-corrected chi connectivity index (χ3v) is 8.24. The monoisotopic (exact) mass is 500 g/mol. The molecule has 4 aromatic heterocycles.